The van der Waals surface area contributed by atoms with Crippen LogP contribution in [0.1, 0.15) is 83.6 Å². The van der Waals surface area contributed by atoms with Gasteiger partial charge in [-0.3, -0.25) is 0 Å². The van der Waals surface area contributed by atoms with Gasteiger partial charge in [0.25, 0.3) is 0 Å². The van der Waals surface area contributed by atoms with Crippen LogP contribution in [0.3, 0.4) is 0 Å². The second kappa shape index (κ2) is 14.3. The van der Waals surface area contributed by atoms with Crippen LogP contribution >= 0.6 is 10.1 Å². The van der Waals surface area contributed by atoms with E-state index < -0.39 is 12.3 Å². The third-order valence-electron chi connectivity index (χ3n) is 8.43. The SMILES string of the molecule is CCCCC[CH2][Ge]1([CH2]CCCCC)[S]CC[N]1CCN1CCN=C1C(C)c1cccc2ccccc12. The predicted octanol–water partition coefficient (Wildman–Crippen LogP) is 8.31. The van der Waals surface area contributed by atoms with Crippen molar-refractivity contribution in [3.8, 4) is 0 Å². The quantitative estimate of drug-likeness (QED) is 0.159. The van der Waals surface area contributed by atoms with Gasteiger partial charge in [0.2, 0.25) is 0 Å². The molecule has 0 amide bonds. The maximum absolute atomic E-state index is 5.06. The van der Waals surface area contributed by atoms with Gasteiger partial charge in [-0.15, -0.1) is 0 Å². The van der Waals surface area contributed by atoms with Crippen LogP contribution in [0.4, 0.5) is 0 Å². The van der Waals surface area contributed by atoms with Gasteiger partial charge in [-0.2, -0.15) is 0 Å². The van der Waals surface area contributed by atoms with Crippen molar-refractivity contribution in [2.75, 3.05) is 38.5 Å². The Balaban J connectivity index is 1.41. The van der Waals surface area contributed by atoms with Crippen molar-refractivity contribution in [2.45, 2.75) is 88.6 Å². The first-order chi connectivity index (χ1) is 17.7. The molecule has 0 spiro atoms. The van der Waals surface area contributed by atoms with Gasteiger partial charge >= 0.3 is 228 Å². The molecule has 2 aromatic rings. The van der Waals surface area contributed by atoms with Gasteiger partial charge in [0.15, 0.2) is 0 Å². The Morgan fingerprint density at radius 3 is 2.33 bits per heavy atom. The van der Waals surface area contributed by atoms with Crippen molar-refractivity contribution in [3.05, 3.63) is 48.0 Å². The summed E-state index contributed by atoms with van der Waals surface area (Å²) < 4.78 is 3.07. The number of amidine groups is 1. The summed E-state index contributed by atoms with van der Waals surface area (Å²) in [7, 11) is 2.47. The third-order valence-corrected chi connectivity index (χ3v) is 25.6. The fourth-order valence-electron chi connectivity index (χ4n) is 6.34. The molecule has 0 aromatic heterocycles. The van der Waals surface area contributed by atoms with Crippen molar-refractivity contribution < 1.29 is 0 Å². The van der Waals surface area contributed by atoms with Crippen molar-refractivity contribution in [3.63, 3.8) is 0 Å². The van der Waals surface area contributed by atoms with Crippen LogP contribution in [0, 0.1) is 0 Å². The van der Waals surface area contributed by atoms with Crippen LogP contribution in [0.5, 0.6) is 0 Å². The van der Waals surface area contributed by atoms with Crippen molar-refractivity contribution in [2.24, 2.45) is 4.99 Å². The number of rotatable bonds is 15. The molecular weight excluding hydrogens is 519 g/mol. The molecular formula is C31H49GeN3S. The summed E-state index contributed by atoms with van der Waals surface area (Å²) in [6.45, 7) is 12.9. The molecule has 0 aliphatic carbocycles. The first-order valence-corrected chi connectivity index (χ1v) is 22.3. The van der Waals surface area contributed by atoms with Gasteiger partial charge in [0.1, 0.15) is 0 Å². The van der Waals surface area contributed by atoms with E-state index in [9.17, 15) is 0 Å². The van der Waals surface area contributed by atoms with E-state index in [1.807, 2.05) is 0 Å². The molecule has 4 rings (SSSR count). The monoisotopic (exact) mass is 569 g/mol. The number of benzene rings is 2. The Hall–Kier alpha value is -0.977. The Bertz CT molecular complexity index is 960. The summed E-state index contributed by atoms with van der Waals surface area (Å²) >= 11 is -2.02. The van der Waals surface area contributed by atoms with E-state index in [0.717, 1.165) is 19.6 Å². The summed E-state index contributed by atoms with van der Waals surface area (Å²) in [5.41, 5.74) is 1.43. The van der Waals surface area contributed by atoms with Crippen molar-refractivity contribution in [1.29, 1.82) is 0 Å². The van der Waals surface area contributed by atoms with E-state index >= 15 is 0 Å². The molecule has 0 bridgehead atoms. The summed E-state index contributed by atoms with van der Waals surface area (Å²) in [5, 5.41) is 5.84. The zero-order chi connectivity index (χ0) is 25.2. The van der Waals surface area contributed by atoms with Crippen molar-refractivity contribution in [1.82, 2.24) is 8.76 Å². The van der Waals surface area contributed by atoms with Gasteiger partial charge in [-0.1, -0.05) is 0 Å². The van der Waals surface area contributed by atoms with E-state index in [1.165, 1.54) is 92.4 Å². The van der Waals surface area contributed by atoms with Gasteiger partial charge < -0.3 is 0 Å². The Labute approximate surface area is 227 Å². The molecule has 1 unspecified atom stereocenters. The first-order valence-electron chi connectivity index (χ1n) is 14.8. The molecule has 198 valence electrons. The molecule has 2 aromatic carbocycles. The molecule has 2 aliphatic rings. The molecule has 2 heterocycles. The average molecular weight is 568 g/mol. The molecule has 1 atom stereocenters. The standard InChI is InChI=1S/C31H49GeN3S/c1-4-6-8-12-19-32(20-13-9-7-5-2)35(25-26-36-32)24-23-34-22-21-33-31(34)27(3)29-18-14-16-28-15-10-11-17-30(28)29/h10-11,14-18,27H,4-9,12-13,19-26H2,1-3H3. The van der Waals surface area contributed by atoms with Crippen LogP contribution in [0.15, 0.2) is 47.5 Å². The molecule has 5 heteroatoms. The fourth-order valence-corrected chi connectivity index (χ4v) is 23.6. The van der Waals surface area contributed by atoms with Gasteiger partial charge in [0, 0.05) is 0 Å². The van der Waals surface area contributed by atoms with E-state index in [-0.39, 0.29) is 0 Å². The molecule has 36 heavy (non-hydrogen) atoms. The van der Waals surface area contributed by atoms with E-state index in [0.29, 0.717) is 5.92 Å². The fraction of sp³-hybridized carbons (Fsp3) is 0.645. The Morgan fingerprint density at radius 2 is 1.58 bits per heavy atom. The number of fused-ring (bicyclic) bond motifs is 1. The number of nitrogens with zero attached hydrogens (tertiary/aromatic N) is 3. The first kappa shape index (κ1) is 28.0. The van der Waals surface area contributed by atoms with Crippen molar-refractivity contribution >= 4 is 39.0 Å². The van der Waals surface area contributed by atoms with Crippen LogP contribution in [-0.2, 0) is 0 Å². The number of aliphatic imine (C=N–C) groups is 1. The summed E-state index contributed by atoms with van der Waals surface area (Å²) in [6.07, 6.45) is 11.4. The zero-order valence-electron chi connectivity index (χ0n) is 23.2. The van der Waals surface area contributed by atoms with Gasteiger partial charge in [0.05, 0.1) is 0 Å². The second-order valence-corrected chi connectivity index (χ2v) is 24.8. The minimum absolute atomic E-state index is 0.348. The second-order valence-electron chi connectivity index (χ2n) is 10.9. The topological polar surface area (TPSA) is 18.8 Å². The molecule has 1 fully saturated rings. The Kier molecular flexibility index (Phi) is 11.1. The van der Waals surface area contributed by atoms with Crippen LogP contribution in [-0.4, -0.2) is 65.4 Å². The van der Waals surface area contributed by atoms with E-state index in [4.69, 9.17) is 4.99 Å². The van der Waals surface area contributed by atoms with Gasteiger partial charge in [-0.05, 0) is 0 Å². The maximum atomic E-state index is 5.06. The molecule has 3 nitrogen and oxygen atoms in total. The predicted molar refractivity (Wildman–Crippen MR) is 164 cm³/mol. The molecule has 0 N–H and O–H groups in total. The summed E-state index contributed by atoms with van der Waals surface area (Å²) in [5.74, 6) is 3.05. The van der Waals surface area contributed by atoms with Gasteiger partial charge in [-0.25, -0.2) is 0 Å². The Morgan fingerprint density at radius 1 is 0.861 bits per heavy atom. The minimum atomic E-state index is -2.02. The molecule has 0 saturated carbocycles. The molecule has 0 radical (unpaired) electrons. The average Bonchev–Trinajstić information content (AvgIpc) is 3.54. The number of hydrogen-bond acceptors (Lipinski definition) is 4. The molecule has 1 saturated heterocycles. The normalized spacial score (nSPS) is 18.8. The number of unbranched alkanes of at least 4 members (excludes halogenated alkanes) is 6. The van der Waals surface area contributed by atoms with Crippen LogP contribution in [0.25, 0.3) is 10.8 Å². The summed E-state index contributed by atoms with van der Waals surface area (Å²) in [4.78, 5) is 7.69. The third kappa shape index (κ3) is 6.91. The van der Waals surface area contributed by atoms with E-state index in [2.05, 4.69) is 82.1 Å². The molecule has 2 aliphatic heterocycles. The van der Waals surface area contributed by atoms with Crippen LogP contribution in [0.2, 0.25) is 10.5 Å². The summed E-state index contributed by atoms with van der Waals surface area (Å²) in [6, 6.07) is 15.6. The van der Waals surface area contributed by atoms with Crippen LogP contribution < -0.4 is 0 Å². The van der Waals surface area contributed by atoms with E-state index in [1.54, 1.807) is 10.5 Å². The zero-order valence-corrected chi connectivity index (χ0v) is 26.1. The number of hydrogen-bond donors (Lipinski definition) is 0.